The number of nitrogens with two attached hydrogens (primary N) is 1. The van der Waals surface area contributed by atoms with Crippen LogP contribution in [0.15, 0.2) is 0 Å². The molecule has 2 aliphatic heterocycles. The van der Waals surface area contributed by atoms with E-state index in [9.17, 15) is 13.2 Å². The minimum absolute atomic E-state index is 0.0740. The summed E-state index contributed by atoms with van der Waals surface area (Å²) in [5, 5.41) is 0. The van der Waals surface area contributed by atoms with Crippen molar-refractivity contribution in [3.05, 3.63) is 0 Å². The topological polar surface area (TPSA) is 87.0 Å². The van der Waals surface area contributed by atoms with E-state index in [0.717, 1.165) is 19.5 Å². The quantitative estimate of drug-likeness (QED) is 0.703. The molecule has 2 unspecified atom stereocenters. The molecule has 2 aliphatic rings. The fraction of sp³-hybridized carbons (Fsp3) is 0.923. The van der Waals surface area contributed by atoms with Crippen molar-refractivity contribution < 1.29 is 13.2 Å². The van der Waals surface area contributed by atoms with E-state index >= 15 is 0 Å². The highest BCUT2D eigenvalue weighted by Crippen LogP contribution is 2.15. The summed E-state index contributed by atoms with van der Waals surface area (Å²) < 4.78 is 24.3. The van der Waals surface area contributed by atoms with Gasteiger partial charge in [0.1, 0.15) is 0 Å². The van der Waals surface area contributed by atoms with Crippen molar-refractivity contribution in [2.75, 3.05) is 52.1 Å². The molecule has 0 radical (unpaired) electrons. The van der Waals surface area contributed by atoms with Crippen LogP contribution in [0.3, 0.4) is 0 Å². The Hall–Kier alpha value is -0.700. The first-order valence-corrected chi connectivity index (χ1v) is 9.33. The summed E-state index contributed by atoms with van der Waals surface area (Å²) in [5.74, 6) is 0.583. The summed E-state index contributed by atoms with van der Waals surface area (Å²) >= 11 is 0. The molecule has 2 rings (SSSR count). The average Bonchev–Trinajstić information content (AvgIpc) is 2.42. The van der Waals surface area contributed by atoms with Gasteiger partial charge in [0.15, 0.2) is 0 Å². The number of hydrogen-bond acceptors (Lipinski definition) is 5. The van der Waals surface area contributed by atoms with E-state index in [1.165, 1.54) is 10.6 Å². The first kappa shape index (κ1) is 16.7. The minimum Gasteiger partial charge on any atom is -0.339 e. The van der Waals surface area contributed by atoms with E-state index < -0.39 is 10.0 Å². The van der Waals surface area contributed by atoms with Crippen molar-refractivity contribution in [3.63, 3.8) is 0 Å². The summed E-state index contributed by atoms with van der Waals surface area (Å²) in [6.45, 7) is 5.93. The van der Waals surface area contributed by atoms with Gasteiger partial charge in [-0.2, -0.15) is 4.31 Å². The molecule has 1 amide bonds. The predicted octanol–water partition coefficient (Wildman–Crippen LogP) is -1.24. The van der Waals surface area contributed by atoms with Gasteiger partial charge in [-0.25, -0.2) is 8.42 Å². The Morgan fingerprint density at radius 2 is 1.81 bits per heavy atom. The normalized spacial score (nSPS) is 29.6. The van der Waals surface area contributed by atoms with Crippen molar-refractivity contribution in [1.82, 2.24) is 14.1 Å². The Balaban J connectivity index is 1.80. The van der Waals surface area contributed by atoms with Crippen LogP contribution in [0.2, 0.25) is 0 Å². The molecule has 0 aromatic carbocycles. The van der Waals surface area contributed by atoms with Crippen LogP contribution in [-0.2, 0) is 14.8 Å². The van der Waals surface area contributed by atoms with Gasteiger partial charge in [0.05, 0.1) is 12.8 Å². The summed E-state index contributed by atoms with van der Waals surface area (Å²) in [6, 6.07) is 0.133. The maximum absolute atomic E-state index is 12.3. The van der Waals surface area contributed by atoms with Gasteiger partial charge in [-0.15, -0.1) is 0 Å². The van der Waals surface area contributed by atoms with Gasteiger partial charge < -0.3 is 10.6 Å². The number of amides is 1. The van der Waals surface area contributed by atoms with Crippen molar-refractivity contribution >= 4 is 15.9 Å². The minimum atomic E-state index is -3.15. The van der Waals surface area contributed by atoms with E-state index in [2.05, 4.69) is 11.8 Å². The van der Waals surface area contributed by atoms with Gasteiger partial charge in [-0.1, -0.05) is 6.92 Å². The Bertz CT molecular complexity index is 474. The number of piperidine rings is 1. The van der Waals surface area contributed by atoms with Crippen molar-refractivity contribution in [2.24, 2.45) is 11.7 Å². The monoisotopic (exact) mass is 318 g/mol. The second-order valence-corrected chi connectivity index (χ2v) is 8.19. The molecule has 0 aromatic rings. The zero-order chi connectivity index (χ0) is 15.6. The highest BCUT2D eigenvalue weighted by molar-refractivity contribution is 7.88. The van der Waals surface area contributed by atoms with Gasteiger partial charge >= 0.3 is 0 Å². The maximum Gasteiger partial charge on any atom is 0.236 e. The highest BCUT2D eigenvalue weighted by Gasteiger charge is 2.29. The van der Waals surface area contributed by atoms with E-state index in [-0.39, 0.29) is 11.9 Å². The van der Waals surface area contributed by atoms with E-state index in [4.69, 9.17) is 5.73 Å². The molecule has 0 spiro atoms. The molecule has 2 saturated heterocycles. The molecule has 7 nitrogen and oxygen atoms in total. The van der Waals surface area contributed by atoms with Crippen molar-refractivity contribution in [2.45, 2.75) is 19.4 Å². The van der Waals surface area contributed by atoms with Gasteiger partial charge in [0, 0.05) is 38.8 Å². The molecule has 2 fully saturated rings. The molecule has 0 aromatic heterocycles. The third-order valence-corrected chi connectivity index (χ3v) is 5.82. The molecule has 2 heterocycles. The lowest BCUT2D eigenvalue weighted by Crippen LogP contribution is -2.54. The van der Waals surface area contributed by atoms with Crippen LogP contribution in [0, 0.1) is 5.92 Å². The van der Waals surface area contributed by atoms with Crippen LogP contribution in [0.1, 0.15) is 13.3 Å². The molecule has 21 heavy (non-hydrogen) atoms. The Morgan fingerprint density at radius 1 is 1.19 bits per heavy atom. The second-order valence-electron chi connectivity index (χ2n) is 6.21. The molecule has 0 aliphatic carbocycles. The Kier molecular flexibility index (Phi) is 5.24. The standard InChI is InChI=1S/C13H26N4O3S/c1-11-3-4-15(9-12(11)14)10-13(18)16-5-7-17(8-6-16)21(2,19)20/h11-12H,3-10,14H2,1-2H3. The zero-order valence-electron chi connectivity index (χ0n) is 12.9. The highest BCUT2D eigenvalue weighted by atomic mass is 32.2. The van der Waals surface area contributed by atoms with Crippen LogP contribution >= 0.6 is 0 Å². The van der Waals surface area contributed by atoms with Gasteiger partial charge in [0.2, 0.25) is 15.9 Å². The fourth-order valence-corrected chi connectivity index (χ4v) is 3.70. The molecule has 0 bridgehead atoms. The van der Waals surface area contributed by atoms with Gasteiger partial charge in [-0.3, -0.25) is 9.69 Å². The van der Waals surface area contributed by atoms with Crippen LogP contribution < -0.4 is 5.73 Å². The third-order valence-electron chi connectivity index (χ3n) is 4.52. The summed E-state index contributed by atoms with van der Waals surface area (Å²) in [4.78, 5) is 16.1. The molecular formula is C13H26N4O3S. The fourth-order valence-electron chi connectivity index (χ4n) is 2.87. The number of hydrogen-bond donors (Lipinski definition) is 1. The van der Waals surface area contributed by atoms with Gasteiger partial charge in [0.25, 0.3) is 0 Å². The van der Waals surface area contributed by atoms with E-state index in [0.29, 0.717) is 38.6 Å². The van der Waals surface area contributed by atoms with Crippen LogP contribution in [0.25, 0.3) is 0 Å². The lowest BCUT2D eigenvalue weighted by molar-refractivity contribution is -0.134. The van der Waals surface area contributed by atoms with E-state index in [1.54, 1.807) is 4.90 Å². The molecule has 0 saturated carbocycles. The van der Waals surface area contributed by atoms with E-state index in [1.807, 2.05) is 0 Å². The second kappa shape index (κ2) is 6.60. The summed E-state index contributed by atoms with van der Waals surface area (Å²) in [6.07, 6.45) is 2.23. The number of nitrogens with zero attached hydrogens (tertiary/aromatic N) is 3. The lowest BCUT2D eigenvalue weighted by Gasteiger charge is -2.37. The lowest BCUT2D eigenvalue weighted by atomic mass is 9.94. The number of carbonyl (C=O) groups is 1. The SMILES string of the molecule is CC1CCN(CC(=O)N2CCN(S(C)(=O)=O)CC2)CC1N. The largest absolute Gasteiger partial charge is 0.339 e. The molecular weight excluding hydrogens is 292 g/mol. The van der Waals surface area contributed by atoms with Crippen LogP contribution in [0.5, 0.6) is 0 Å². The number of likely N-dealkylation sites (tertiary alicyclic amines) is 1. The molecule has 2 N–H and O–H groups in total. The Labute approximate surface area is 127 Å². The predicted molar refractivity (Wildman–Crippen MR) is 81.2 cm³/mol. The number of carbonyl (C=O) groups excluding carboxylic acids is 1. The third kappa shape index (κ3) is 4.38. The summed E-state index contributed by atoms with van der Waals surface area (Å²) in [5.41, 5.74) is 6.05. The molecule has 2 atom stereocenters. The smallest absolute Gasteiger partial charge is 0.236 e. The van der Waals surface area contributed by atoms with Crippen molar-refractivity contribution in [1.29, 1.82) is 0 Å². The van der Waals surface area contributed by atoms with Gasteiger partial charge in [-0.05, 0) is 18.9 Å². The van der Waals surface area contributed by atoms with Crippen LogP contribution in [0.4, 0.5) is 0 Å². The molecule has 122 valence electrons. The maximum atomic E-state index is 12.3. The number of rotatable bonds is 3. The Morgan fingerprint density at radius 3 is 2.33 bits per heavy atom. The average molecular weight is 318 g/mol. The first-order chi connectivity index (χ1) is 9.77. The zero-order valence-corrected chi connectivity index (χ0v) is 13.7. The molecule has 8 heteroatoms. The number of sulfonamides is 1. The van der Waals surface area contributed by atoms with Crippen LogP contribution in [-0.4, -0.2) is 86.5 Å². The summed E-state index contributed by atoms with van der Waals surface area (Å²) in [7, 11) is -3.15. The van der Waals surface area contributed by atoms with Crippen molar-refractivity contribution in [3.8, 4) is 0 Å². The first-order valence-electron chi connectivity index (χ1n) is 7.48. The number of piperazine rings is 1.